The lowest BCUT2D eigenvalue weighted by Gasteiger charge is -2.13. The molecule has 0 saturated carbocycles. The highest BCUT2D eigenvalue weighted by Gasteiger charge is 2.34. The minimum atomic E-state index is -2.52. The van der Waals surface area contributed by atoms with Crippen molar-refractivity contribution in [3.8, 4) is 5.75 Å². The first-order chi connectivity index (χ1) is 17.8. The Balaban J connectivity index is 1.87. The number of hydrogen-bond donors (Lipinski definition) is 0. The number of halogens is 9. The molecule has 3 aromatic carbocycles. The molecular weight excluding hydrogens is 535 g/mol. The maximum Gasteiger partial charge on any atom is 0.344 e. The molecule has 0 spiro atoms. The molecule has 0 radical (unpaired) electrons. The number of hydrogen-bond acceptors (Lipinski definition) is 4. The van der Waals surface area contributed by atoms with Gasteiger partial charge in [-0.15, -0.1) is 0 Å². The third-order valence-electron chi connectivity index (χ3n) is 5.60. The van der Waals surface area contributed by atoms with E-state index in [9.17, 15) is 49.1 Å². The zero-order chi connectivity index (χ0) is 28.5. The van der Waals surface area contributed by atoms with Crippen molar-refractivity contribution in [3.63, 3.8) is 0 Å². The van der Waals surface area contributed by atoms with Crippen molar-refractivity contribution >= 4 is 11.9 Å². The molecule has 0 amide bonds. The number of carbonyl (C=O) groups excluding carboxylic acids is 2. The monoisotopic (exact) mass is 550 g/mol. The molecule has 0 fully saturated rings. The molecule has 38 heavy (non-hydrogen) atoms. The van der Waals surface area contributed by atoms with Crippen LogP contribution in [0.15, 0.2) is 24.3 Å². The average Bonchev–Trinajstić information content (AvgIpc) is 2.91. The van der Waals surface area contributed by atoms with Gasteiger partial charge < -0.3 is 9.47 Å². The maximum absolute atomic E-state index is 14.5. The third-order valence-corrected chi connectivity index (χ3v) is 5.60. The van der Waals surface area contributed by atoms with Crippen molar-refractivity contribution in [1.29, 1.82) is 0 Å². The lowest BCUT2D eigenvalue weighted by atomic mass is 9.98. The molecule has 0 aromatic heterocycles. The first-order valence-electron chi connectivity index (χ1n) is 10.7. The standard InChI is InChI=1S/C25H15F9O4/c1-3-9(2)10-4-6-11(7-5-10)24(35)38-23-21(33)16(28)13(17(29)22(23)34)25(36)37-8-12-14(26)18(30)20(32)19(31)15(12)27/h4-7,9H,3,8H2,1-2H3. The van der Waals surface area contributed by atoms with Crippen LogP contribution in [0.4, 0.5) is 39.5 Å². The van der Waals surface area contributed by atoms with Crippen LogP contribution < -0.4 is 4.74 Å². The van der Waals surface area contributed by atoms with Gasteiger partial charge in [0.15, 0.2) is 34.9 Å². The van der Waals surface area contributed by atoms with Crippen molar-refractivity contribution < 1.29 is 58.6 Å². The molecule has 0 heterocycles. The van der Waals surface area contributed by atoms with Crippen LogP contribution in [0.3, 0.4) is 0 Å². The third kappa shape index (κ3) is 5.18. The largest absolute Gasteiger partial charge is 0.457 e. The topological polar surface area (TPSA) is 52.6 Å². The SMILES string of the molecule is CCC(C)c1ccc(C(=O)Oc2c(F)c(F)c(C(=O)OCc3c(F)c(F)c(F)c(F)c3F)c(F)c2F)cc1. The molecule has 4 nitrogen and oxygen atoms in total. The van der Waals surface area contributed by atoms with Crippen LogP contribution in [0.25, 0.3) is 0 Å². The smallest absolute Gasteiger partial charge is 0.344 e. The highest BCUT2D eigenvalue weighted by atomic mass is 19.2. The number of carbonyl (C=O) groups is 2. The first kappa shape index (κ1) is 28.5. The average molecular weight is 550 g/mol. The van der Waals surface area contributed by atoms with Gasteiger partial charge in [0.05, 0.1) is 11.1 Å². The van der Waals surface area contributed by atoms with E-state index in [4.69, 9.17) is 0 Å². The number of benzene rings is 3. The fourth-order valence-corrected chi connectivity index (χ4v) is 3.20. The Labute approximate surface area is 208 Å². The van der Waals surface area contributed by atoms with Crippen LogP contribution in [0, 0.1) is 52.4 Å². The van der Waals surface area contributed by atoms with E-state index in [2.05, 4.69) is 9.47 Å². The Hall–Kier alpha value is -4.03. The Morgan fingerprint density at radius 2 is 1.16 bits per heavy atom. The summed E-state index contributed by atoms with van der Waals surface area (Å²) in [6.07, 6.45) is 0.773. The second-order valence-electron chi connectivity index (χ2n) is 7.91. The summed E-state index contributed by atoms with van der Waals surface area (Å²) in [6, 6.07) is 5.56. The van der Waals surface area contributed by atoms with Crippen molar-refractivity contribution in [2.45, 2.75) is 32.8 Å². The molecule has 3 rings (SSSR count). The normalized spacial score (nSPS) is 11.9. The number of esters is 2. The van der Waals surface area contributed by atoms with Crippen LogP contribution >= 0.6 is 0 Å². The van der Waals surface area contributed by atoms with Crippen molar-refractivity contribution in [2.75, 3.05) is 0 Å². The van der Waals surface area contributed by atoms with Gasteiger partial charge in [-0.1, -0.05) is 26.0 Å². The first-order valence-corrected chi connectivity index (χ1v) is 10.7. The molecule has 1 unspecified atom stereocenters. The highest BCUT2D eigenvalue weighted by molar-refractivity contribution is 5.92. The van der Waals surface area contributed by atoms with Gasteiger partial charge >= 0.3 is 11.9 Å². The van der Waals surface area contributed by atoms with E-state index in [1.165, 1.54) is 24.3 Å². The molecule has 3 aromatic rings. The van der Waals surface area contributed by atoms with E-state index < -0.39 is 87.8 Å². The lowest BCUT2D eigenvalue weighted by Crippen LogP contribution is -2.18. The summed E-state index contributed by atoms with van der Waals surface area (Å²) in [5.74, 6) is -27.0. The van der Waals surface area contributed by atoms with Crippen LogP contribution in [-0.2, 0) is 11.3 Å². The molecule has 202 valence electrons. The van der Waals surface area contributed by atoms with E-state index in [1.807, 2.05) is 13.8 Å². The lowest BCUT2D eigenvalue weighted by molar-refractivity contribution is 0.0447. The Bertz CT molecular complexity index is 1360. The van der Waals surface area contributed by atoms with Gasteiger partial charge in [0.25, 0.3) is 0 Å². The predicted molar refractivity (Wildman–Crippen MR) is 112 cm³/mol. The summed E-state index contributed by atoms with van der Waals surface area (Å²) < 4.78 is 133. The van der Waals surface area contributed by atoms with E-state index in [1.54, 1.807) is 0 Å². The molecule has 1 atom stereocenters. The van der Waals surface area contributed by atoms with Crippen molar-refractivity contribution in [1.82, 2.24) is 0 Å². The molecule has 0 bridgehead atoms. The summed E-state index contributed by atoms with van der Waals surface area (Å²) >= 11 is 0. The second-order valence-corrected chi connectivity index (χ2v) is 7.91. The molecular formula is C25H15F9O4. The van der Waals surface area contributed by atoms with Gasteiger partial charge in [-0.25, -0.2) is 40.3 Å². The van der Waals surface area contributed by atoms with Gasteiger partial charge in [-0.05, 0) is 30.0 Å². The Morgan fingerprint density at radius 3 is 1.63 bits per heavy atom. The summed E-state index contributed by atoms with van der Waals surface area (Å²) in [5, 5.41) is 0. The van der Waals surface area contributed by atoms with Gasteiger partial charge in [0, 0.05) is 0 Å². The van der Waals surface area contributed by atoms with Crippen molar-refractivity contribution in [3.05, 3.63) is 98.9 Å². The summed E-state index contributed by atoms with van der Waals surface area (Å²) in [7, 11) is 0. The van der Waals surface area contributed by atoms with Crippen molar-refractivity contribution in [2.24, 2.45) is 0 Å². The van der Waals surface area contributed by atoms with Gasteiger partial charge in [-0.3, -0.25) is 0 Å². The molecule has 0 N–H and O–H groups in total. The predicted octanol–water partition coefficient (Wildman–Crippen LogP) is 7.03. The van der Waals surface area contributed by atoms with E-state index in [0.717, 1.165) is 12.0 Å². The fourth-order valence-electron chi connectivity index (χ4n) is 3.20. The van der Waals surface area contributed by atoms with Crippen LogP contribution in [0.5, 0.6) is 5.75 Å². The van der Waals surface area contributed by atoms with E-state index in [-0.39, 0.29) is 11.5 Å². The maximum atomic E-state index is 14.5. The zero-order valence-electron chi connectivity index (χ0n) is 19.3. The zero-order valence-corrected chi connectivity index (χ0v) is 19.3. The minimum absolute atomic E-state index is 0.125. The molecule has 0 aliphatic carbocycles. The summed E-state index contributed by atoms with van der Waals surface area (Å²) in [5.41, 5.74) is -3.15. The Kier molecular flexibility index (Phi) is 8.38. The van der Waals surface area contributed by atoms with Crippen LogP contribution in [0.2, 0.25) is 0 Å². The molecule has 0 aliphatic rings. The van der Waals surface area contributed by atoms with Gasteiger partial charge in [0.2, 0.25) is 23.2 Å². The summed E-state index contributed by atoms with van der Waals surface area (Å²) in [6.45, 7) is 2.06. The second kappa shape index (κ2) is 11.2. The summed E-state index contributed by atoms with van der Waals surface area (Å²) in [4.78, 5) is 24.3. The highest BCUT2D eigenvalue weighted by Crippen LogP contribution is 2.32. The van der Waals surface area contributed by atoms with Gasteiger partial charge in [-0.2, -0.15) is 8.78 Å². The van der Waals surface area contributed by atoms with Gasteiger partial charge in [0.1, 0.15) is 12.2 Å². The Morgan fingerprint density at radius 1 is 0.684 bits per heavy atom. The molecule has 13 heteroatoms. The fraction of sp³-hybridized carbons (Fsp3) is 0.200. The number of rotatable bonds is 7. The molecule has 0 saturated heterocycles. The molecule has 0 aliphatic heterocycles. The van der Waals surface area contributed by atoms with E-state index >= 15 is 0 Å². The van der Waals surface area contributed by atoms with Crippen LogP contribution in [-0.4, -0.2) is 11.9 Å². The number of ether oxygens (including phenoxy) is 2. The minimum Gasteiger partial charge on any atom is -0.457 e. The quantitative estimate of drug-likeness (QED) is 0.104. The van der Waals surface area contributed by atoms with E-state index in [0.29, 0.717) is 0 Å². The van der Waals surface area contributed by atoms with Crippen LogP contribution in [0.1, 0.15) is 58.0 Å².